The molecule has 152 valence electrons. The number of amides is 1. The second kappa shape index (κ2) is 8.08. The molecule has 5 heteroatoms. The van der Waals surface area contributed by atoms with Crippen LogP contribution in [0.4, 0.5) is 0 Å². The van der Waals surface area contributed by atoms with Crippen LogP contribution in [0.3, 0.4) is 0 Å². The molecular formula is C26H22N4O. The summed E-state index contributed by atoms with van der Waals surface area (Å²) >= 11 is 0. The summed E-state index contributed by atoms with van der Waals surface area (Å²) in [6.45, 7) is 0. The van der Waals surface area contributed by atoms with Gasteiger partial charge in [-0.1, -0.05) is 24.3 Å². The van der Waals surface area contributed by atoms with Gasteiger partial charge in [-0.15, -0.1) is 0 Å². The van der Waals surface area contributed by atoms with E-state index in [0.717, 1.165) is 48.1 Å². The molecule has 0 saturated carbocycles. The number of nitriles is 1. The van der Waals surface area contributed by atoms with Crippen molar-refractivity contribution in [1.29, 1.82) is 5.26 Å². The number of imidazole rings is 1. The number of carbonyl (C=O) groups is 1. The molecule has 4 aromatic rings. The SMILES string of the molecule is N#Cc1ccc(-c2nc3ccc(C(=O)NC4CCCc5ccccc5C4)cc3[nH]2)cc1. The van der Waals surface area contributed by atoms with Crippen molar-refractivity contribution in [3.05, 3.63) is 89.0 Å². The fourth-order valence-corrected chi connectivity index (χ4v) is 4.29. The highest BCUT2D eigenvalue weighted by atomic mass is 16.1. The number of aromatic amines is 1. The van der Waals surface area contributed by atoms with Gasteiger partial charge in [0.1, 0.15) is 5.82 Å². The molecule has 0 bridgehead atoms. The molecule has 0 fully saturated rings. The highest BCUT2D eigenvalue weighted by molar-refractivity contribution is 5.97. The monoisotopic (exact) mass is 406 g/mol. The van der Waals surface area contributed by atoms with Crippen LogP contribution in [-0.2, 0) is 12.8 Å². The van der Waals surface area contributed by atoms with E-state index in [2.05, 4.69) is 45.6 Å². The minimum Gasteiger partial charge on any atom is -0.349 e. The first-order chi connectivity index (χ1) is 15.2. The van der Waals surface area contributed by atoms with Gasteiger partial charge in [0.15, 0.2) is 0 Å². The molecule has 1 aliphatic rings. The third-order valence-electron chi connectivity index (χ3n) is 5.95. The maximum atomic E-state index is 13.0. The molecule has 1 atom stereocenters. The third-order valence-corrected chi connectivity index (χ3v) is 5.95. The lowest BCUT2D eigenvalue weighted by Gasteiger charge is -2.17. The Labute approximate surface area is 180 Å². The number of H-pyrrole nitrogens is 1. The molecule has 1 amide bonds. The van der Waals surface area contributed by atoms with E-state index in [4.69, 9.17) is 5.26 Å². The van der Waals surface area contributed by atoms with Gasteiger partial charge in [0.25, 0.3) is 5.91 Å². The Balaban J connectivity index is 1.35. The summed E-state index contributed by atoms with van der Waals surface area (Å²) in [5.74, 6) is 0.665. The standard InChI is InChI=1S/C26H22N4O/c27-16-17-8-10-19(11-9-17)25-29-23-13-12-21(15-24(23)30-25)26(31)28-22-7-3-6-18-4-1-2-5-20(18)14-22/h1-2,4-5,8-13,15,22H,3,6-7,14H2,(H,28,31)(H,29,30). The average Bonchev–Trinajstić information content (AvgIpc) is 3.12. The minimum absolute atomic E-state index is 0.0548. The lowest BCUT2D eigenvalue weighted by atomic mass is 10.0. The van der Waals surface area contributed by atoms with Crippen molar-refractivity contribution in [1.82, 2.24) is 15.3 Å². The summed E-state index contributed by atoms with van der Waals surface area (Å²) in [7, 11) is 0. The van der Waals surface area contributed by atoms with Gasteiger partial charge in [-0.3, -0.25) is 4.79 Å². The number of benzene rings is 3. The summed E-state index contributed by atoms with van der Waals surface area (Å²) in [4.78, 5) is 20.9. The van der Waals surface area contributed by atoms with Gasteiger partial charge in [0, 0.05) is 17.2 Å². The zero-order chi connectivity index (χ0) is 21.2. The van der Waals surface area contributed by atoms with E-state index in [0.29, 0.717) is 11.1 Å². The fraction of sp³-hybridized carbons (Fsp3) is 0.192. The second-order valence-electron chi connectivity index (χ2n) is 8.04. The van der Waals surface area contributed by atoms with Crippen LogP contribution >= 0.6 is 0 Å². The maximum absolute atomic E-state index is 13.0. The number of carbonyl (C=O) groups excluding carboxylic acids is 1. The third kappa shape index (κ3) is 3.93. The Morgan fingerprint density at radius 3 is 2.68 bits per heavy atom. The predicted molar refractivity (Wildman–Crippen MR) is 121 cm³/mol. The van der Waals surface area contributed by atoms with E-state index in [-0.39, 0.29) is 11.9 Å². The molecule has 0 aliphatic heterocycles. The van der Waals surface area contributed by atoms with Crippen molar-refractivity contribution in [3.63, 3.8) is 0 Å². The zero-order valence-corrected chi connectivity index (χ0v) is 17.1. The Morgan fingerprint density at radius 2 is 1.87 bits per heavy atom. The highest BCUT2D eigenvalue weighted by Crippen LogP contribution is 2.23. The number of fused-ring (bicyclic) bond motifs is 2. The van der Waals surface area contributed by atoms with Crippen molar-refractivity contribution in [2.45, 2.75) is 31.7 Å². The summed E-state index contributed by atoms with van der Waals surface area (Å²) in [6, 6.07) is 23.6. The lowest BCUT2D eigenvalue weighted by molar-refractivity contribution is 0.0935. The van der Waals surface area contributed by atoms with Crippen molar-refractivity contribution in [2.75, 3.05) is 0 Å². The molecule has 0 saturated heterocycles. The molecule has 0 spiro atoms. The molecule has 0 radical (unpaired) electrons. The molecule has 2 N–H and O–H groups in total. The summed E-state index contributed by atoms with van der Waals surface area (Å²) in [5, 5.41) is 12.2. The van der Waals surface area contributed by atoms with E-state index in [1.807, 2.05) is 30.3 Å². The van der Waals surface area contributed by atoms with E-state index in [1.165, 1.54) is 11.1 Å². The van der Waals surface area contributed by atoms with Crippen LogP contribution in [-0.4, -0.2) is 21.9 Å². The van der Waals surface area contributed by atoms with Crippen LogP contribution in [0, 0.1) is 11.3 Å². The highest BCUT2D eigenvalue weighted by Gasteiger charge is 2.19. The quantitative estimate of drug-likeness (QED) is 0.481. The summed E-state index contributed by atoms with van der Waals surface area (Å²) < 4.78 is 0. The van der Waals surface area contributed by atoms with E-state index in [1.54, 1.807) is 12.1 Å². The van der Waals surface area contributed by atoms with Crippen LogP contribution in [0.5, 0.6) is 0 Å². The molecule has 1 heterocycles. The Hall–Kier alpha value is -3.91. The normalized spacial score (nSPS) is 15.6. The summed E-state index contributed by atoms with van der Waals surface area (Å²) in [6.07, 6.45) is 4.00. The van der Waals surface area contributed by atoms with Gasteiger partial charge in [-0.25, -0.2) is 4.98 Å². The number of rotatable bonds is 3. The Bertz CT molecular complexity index is 1300. The van der Waals surface area contributed by atoms with Crippen molar-refractivity contribution >= 4 is 16.9 Å². The second-order valence-corrected chi connectivity index (χ2v) is 8.04. The predicted octanol–water partition coefficient (Wildman–Crippen LogP) is 4.78. The molecule has 5 nitrogen and oxygen atoms in total. The van der Waals surface area contributed by atoms with Gasteiger partial charge < -0.3 is 10.3 Å². The number of hydrogen-bond donors (Lipinski definition) is 2. The van der Waals surface area contributed by atoms with Gasteiger partial charge in [0.2, 0.25) is 0 Å². The van der Waals surface area contributed by atoms with Crippen LogP contribution in [0.2, 0.25) is 0 Å². The lowest BCUT2D eigenvalue weighted by Crippen LogP contribution is -2.36. The van der Waals surface area contributed by atoms with Crippen LogP contribution < -0.4 is 5.32 Å². The smallest absolute Gasteiger partial charge is 0.251 e. The number of aryl methyl sites for hydroxylation is 1. The van der Waals surface area contributed by atoms with E-state index < -0.39 is 0 Å². The minimum atomic E-state index is -0.0548. The van der Waals surface area contributed by atoms with Crippen LogP contribution in [0.25, 0.3) is 22.4 Å². The first-order valence-electron chi connectivity index (χ1n) is 10.6. The van der Waals surface area contributed by atoms with E-state index in [9.17, 15) is 4.79 Å². The molecule has 5 rings (SSSR count). The molecule has 1 aliphatic carbocycles. The topological polar surface area (TPSA) is 81.6 Å². The largest absolute Gasteiger partial charge is 0.349 e. The molecule has 3 aromatic carbocycles. The molecular weight excluding hydrogens is 384 g/mol. The van der Waals surface area contributed by atoms with Crippen LogP contribution in [0.1, 0.15) is 39.9 Å². The van der Waals surface area contributed by atoms with Crippen molar-refractivity contribution in [3.8, 4) is 17.5 Å². The Morgan fingerprint density at radius 1 is 1.06 bits per heavy atom. The van der Waals surface area contributed by atoms with Crippen molar-refractivity contribution in [2.24, 2.45) is 0 Å². The molecule has 31 heavy (non-hydrogen) atoms. The van der Waals surface area contributed by atoms with Gasteiger partial charge in [-0.05, 0) is 79.3 Å². The van der Waals surface area contributed by atoms with Crippen molar-refractivity contribution < 1.29 is 4.79 Å². The van der Waals surface area contributed by atoms with Gasteiger partial charge in [-0.2, -0.15) is 5.26 Å². The molecule has 1 unspecified atom stereocenters. The first kappa shape index (κ1) is 19.1. The zero-order valence-electron chi connectivity index (χ0n) is 17.1. The fourth-order valence-electron chi connectivity index (χ4n) is 4.29. The number of hydrogen-bond acceptors (Lipinski definition) is 3. The number of nitrogens with one attached hydrogen (secondary N) is 2. The maximum Gasteiger partial charge on any atom is 0.251 e. The number of aromatic nitrogens is 2. The average molecular weight is 406 g/mol. The molecule has 1 aromatic heterocycles. The Kier molecular flexibility index (Phi) is 4.97. The van der Waals surface area contributed by atoms with Gasteiger partial charge in [0.05, 0.1) is 22.7 Å². The van der Waals surface area contributed by atoms with E-state index >= 15 is 0 Å². The van der Waals surface area contributed by atoms with Gasteiger partial charge >= 0.3 is 0 Å². The number of nitrogens with zero attached hydrogens (tertiary/aromatic N) is 2. The summed E-state index contributed by atoms with van der Waals surface area (Å²) in [5.41, 5.74) is 6.49. The van der Waals surface area contributed by atoms with Crippen LogP contribution in [0.15, 0.2) is 66.7 Å². The first-order valence-corrected chi connectivity index (χ1v) is 10.6.